The average Bonchev–Trinajstić information content (AvgIpc) is 2.47. The summed E-state index contributed by atoms with van der Waals surface area (Å²) in [5, 5.41) is 9.56. The van der Waals surface area contributed by atoms with Crippen molar-refractivity contribution in [2.45, 2.75) is 31.2 Å². The van der Waals surface area contributed by atoms with Gasteiger partial charge < -0.3 is 10.8 Å². The molecule has 0 radical (unpaired) electrons. The van der Waals surface area contributed by atoms with E-state index in [0.29, 0.717) is 12.5 Å². The van der Waals surface area contributed by atoms with Crippen molar-refractivity contribution in [2.24, 2.45) is 17.6 Å². The molecule has 1 aliphatic carbocycles. The molecule has 1 saturated carbocycles. The first kappa shape index (κ1) is 13.3. The number of nitrogens with one attached hydrogen (secondary N) is 2. The van der Waals surface area contributed by atoms with Gasteiger partial charge in [0.05, 0.1) is 6.20 Å². The number of aromatic hydroxyl groups is 1. The van der Waals surface area contributed by atoms with Gasteiger partial charge in [-0.1, -0.05) is 0 Å². The maximum Gasteiger partial charge on any atom is 0.237 e. The van der Waals surface area contributed by atoms with Crippen LogP contribution in [0.25, 0.3) is 0 Å². The maximum absolute atomic E-state index is 11.9. The minimum absolute atomic E-state index is 0.0475. The van der Waals surface area contributed by atoms with E-state index in [1.54, 1.807) is 12.3 Å². The van der Waals surface area contributed by atoms with Crippen LogP contribution in [0.5, 0.6) is 5.75 Å². The number of aromatic nitrogens is 1. The Morgan fingerprint density at radius 1 is 1.40 bits per heavy atom. The van der Waals surface area contributed by atoms with Gasteiger partial charge in [-0.2, -0.15) is 0 Å². The Balaban J connectivity index is 1.80. The van der Waals surface area contributed by atoms with Crippen LogP contribution in [0.3, 0.4) is 0 Å². The first-order valence-corrected chi connectivity index (χ1v) is 7.08. The molecule has 1 amide bonds. The smallest absolute Gasteiger partial charge is 0.237 e. The maximum atomic E-state index is 11.9. The summed E-state index contributed by atoms with van der Waals surface area (Å²) in [5.41, 5.74) is 12.6. The van der Waals surface area contributed by atoms with Crippen molar-refractivity contribution in [1.82, 2.24) is 15.8 Å². The summed E-state index contributed by atoms with van der Waals surface area (Å²) in [5.74, 6) is 0.894. The molecule has 4 atom stereocenters. The molecule has 1 aromatic heterocycles. The molecular formula is C14H20N4O2. The number of carbonyl (C=O) groups excluding carboxylic acids is 1. The molecule has 6 nitrogen and oxygen atoms in total. The Morgan fingerprint density at radius 3 is 3.00 bits per heavy atom. The minimum atomic E-state index is 0.0475. The van der Waals surface area contributed by atoms with E-state index in [1.807, 2.05) is 0 Å². The molecule has 0 bridgehead atoms. The van der Waals surface area contributed by atoms with Gasteiger partial charge in [0.15, 0.2) is 0 Å². The molecule has 0 aromatic carbocycles. The highest BCUT2D eigenvalue weighted by molar-refractivity contribution is 5.79. The lowest BCUT2D eigenvalue weighted by atomic mass is 9.68. The van der Waals surface area contributed by atoms with Gasteiger partial charge in [-0.05, 0) is 42.7 Å². The normalized spacial score (nSPS) is 33.4. The van der Waals surface area contributed by atoms with E-state index in [2.05, 4.69) is 15.8 Å². The summed E-state index contributed by atoms with van der Waals surface area (Å²) < 4.78 is 0. The summed E-state index contributed by atoms with van der Waals surface area (Å²) in [6, 6.07) is 1.89. The van der Waals surface area contributed by atoms with Crippen LogP contribution in [0.4, 0.5) is 0 Å². The van der Waals surface area contributed by atoms with E-state index in [0.717, 1.165) is 24.8 Å². The zero-order chi connectivity index (χ0) is 14.1. The highest BCUT2D eigenvalue weighted by Gasteiger charge is 2.42. The third kappa shape index (κ3) is 2.36. The van der Waals surface area contributed by atoms with Crippen molar-refractivity contribution >= 4 is 5.91 Å². The van der Waals surface area contributed by atoms with Crippen molar-refractivity contribution in [3.63, 3.8) is 0 Å². The number of hydrogen-bond acceptors (Lipinski definition) is 5. The van der Waals surface area contributed by atoms with Crippen LogP contribution >= 0.6 is 0 Å². The fraction of sp³-hybridized carbons (Fsp3) is 0.571. The monoisotopic (exact) mass is 276 g/mol. The standard InChI is InChI=1S/C14H20N4O2/c15-5-13-12-4-8(9-3-10(19)7-16-6-9)1-2-11(12)14(20)18-17-13/h3,6-8,11-13,17,19H,1-2,4-5,15H2,(H,18,20). The molecule has 1 aliphatic heterocycles. The zero-order valence-corrected chi connectivity index (χ0v) is 11.2. The molecule has 4 unspecified atom stereocenters. The summed E-state index contributed by atoms with van der Waals surface area (Å²) >= 11 is 0. The van der Waals surface area contributed by atoms with Crippen molar-refractivity contribution in [3.05, 3.63) is 24.0 Å². The van der Waals surface area contributed by atoms with Crippen molar-refractivity contribution in [1.29, 1.82) is 0 Å². The predicted molar refractivity (Wildman–Crippen MR) is 73.6 cm³/mol. The number of fused-ring (bicyclic) bond motifs is 1. The van der Waals surface area contributed by atoms with Crippen LogP contribution in [0.15, 0.2) is 18.5 Å². The van der Waals surface area contributed by atoms with E-state index in [4.69, 9.17) is 5.73 Å². The van der Waals surface area contributed by atoms with Gasteiger partial charge in [0, 0.05) is 24.7 Å². The van der Waals surface area contributed by atoms with Crippen LogP contribution in [-0.2, 0) is 4.79 Å². The Hall–Kier alpha value is -1.66. The van der Waals surface area contributed by atoms with E-state index < -0.39 is 0 Å². The number of hydrogen-bond donors (Lipinski definition) is 4. The molecular weight excluding hydrogens is 256 g/mol. The predicted octanol–water partition coefficient (Wildman–Crippen LogP) is 0.249. The Bertz CT molecular complexity index is 508. The summed E-state index contributed by atoms with van der Waals surface area (Å²) in [6.07, 6.45) is 5.94. The molecule has 108 valence electrons. The Labute approximate surface area is 117 Å². The number of carbonyl (C=O) groups is 1. The van der Waals surface area contributed by atoms with Gasteiger partial charge in [-0.15, -0.1) is 0 Å². The summed E-state index contributed by atoms with van der Waals surface area (Å²) in [6.45, 7) is 0.506. The second-order valence-electron chi connectivity index (χ2n) is 5.73. The van der Waals surface area contributed by atoms with Crippen LogP contribution in [0, 0.1) is 11.8 Å². The van der Waals surface area contributed by atoms with Crippen LogP contribution in [-0.4, -0.2) is 28.6 Å². The highest BCUT2D eigenvalue weighted by atomic mass is 16.3. The van der Waals surface area contributed by atoms with Gasteiger partial charge >= 0.3 is 0 Å². The van der Waals surface area contributed by atoms with E-state index in [9.17, 15) is 9.90 Å². The number of hydrazine groups is 1. The zero-order valence-electron chi connectivity index (χ0n) is 11.2. The summed E-state index contributed by atoms with van der Waals surface area (Å²) in [7, 11) is 0. The topological polar surface area (TPSA) is 100 Å². The van der Waals surface area contributed by atoms with Gasteiger partial charge in [0.25, 0.3) is 0 Å². The largest absolute Gasteiger partial charge is 0.506 e. The van der Waals surface area contributed by atoms with E-state index >= 15 is 0 Å². The fourth-order valence-electron chi connectivity index (χ4n) is 3.54. The molecule has 0 spiro atoms. The van der Waals surface area contributed by atoms with Crippen LogP contribution in [0.2, 0.25) is 0 Å². The molecule has 2 heterocycles. The molecule has 1 saturated heterocycles. The van der Waals surface area contributed by atoms with Crippen molar-refractivity contribution in [3.8, 4) is 5.75 Å². The lowest BCUT2D eigenvalue weighted by molar-refractivity contribution is -0.133. The summed E-state index contributed by atoms with van der Waals surface area (Å²) in [4.78, 5) is 16.0. The third-order valence-electron chi connectivity index (χ3n) is 4.60. The Morgan fingerprint density at radius 2 is 2.25 bits per heavy atom. The van der Waals surface area contributed by atoms with Gasteiger partial charge in [0.2, 0.25) is 5.91 Å². The molecule has 6 heteroatoms. The van der Waals surface area contributed by atoms with E-state index in [-0.39, 0.29) is 29.5 Å². The minimum Gasteiger partial charge on any atom is -0.506 e. The SMILES string of the molecule is NCC1NNC(=O)C2CCC(c3cncc(O)c3)CC12. The van der Waals surface area contributed by atoms with E-state index in [1.165, 1.54) is 6.20 Å². The first-order chi connectivity index (χ1) is 9.69. The number of nitrogens with zero attached hydrogens (tertiary/aromatic N) is 1. The second kappa shape index (κ2) is 5.38. The van der Waals surface area contributed by atoms with Gasteiger partial charge in [0.1, 0.15) is 5.75 Å². The second-order valence-corrected chi connectivity index (χ2v) is 5.73. The molecule has 5 N–H and O–H groups in total. The molecule has 1 aromatic rings. The number of rotatable bonds is 2. The Kier molecular flexibility index (Phi) is 3.58. The number of nitrogens with two attached hydrogens (primary N) is 1. The number of amides is 1. The van der Waals surface area contributed by atoms with Crippen LogP contribution in [0.1, 0.15) is 30.7 Å². The molecule has 20 heavy (non-hydrogen) atoms. The number of pyridine rings is 1. The van der Waals surface area contributed by atoms with Gasteiger partial charge in [-0.25, -0.2) is 5.43 Å². The fourth-order valence-corrected chi connectivity index (χ4v) is 3.54. The third-order valence-corrected chi connectivity index (χ3v) is 4.60. The molecule has 2 fully saturated rings. The lowest BCUT2D eigenvalue weighted by Gasteiger charge is -2.43. The van der Waals surface area contributed by atoms with Gasteiger partial charge in [-0.3, -0.25) is 15.2 Å². The first-order valence-electron chi connectivity index (χ1n) is 7.08. The quantitative estimate of drug-likeness (QED) is 0.620. The average molecular weight is 276 g/mol. The lowest BCUT2D eigenvalue weighted by Crippen LogP contribution is -2.62. The van der Waals surface area contributed by atoms with Crippen molar-refractivity contribution in [2.75, 3.05) is 6.54 Å². The highest BCUT2D eigenvalue weighted by Crippen LogP contribution is 2.42. The van der Waals surface area contributed by atoms with Crippen LogP contribution < -0.4 is 16.6 Å². The molecule has 2 aliphatic rings. The van der Waals surface area contributed by atoms with Crippen molar-refractivity contribution < 1.29 is 9.90 Å². The molecule has 3 rings (SSSR count).